The number of benzene rings is 1. The summed E-state index contributed by atoms with van der Waals surface area (Å²) >= 11 is 1.32. The summed E-state index contributed by atoms with van der Waals surface area (Å²) in [5.41, 5.74) is 7.04. The topological polar surface area (TPSA) is 140 Å². The molecule has 0 aliphatic rings. The van der Waals surface area contributed by atoms with Crippen LogP contribution in [0.1, 0.15) is 55.6 Å². The van der Waals surface area contributed by atoms with E-state index >= 15 is 0 Å². The van der Waals surface area contributed by atoms with Crippen LogP contribution in [0.2, 0.25) is 0 Å². The quantitative estimate of drug-likeness (QED) is 0.224. The molecule has 36 heavy (non-hydrogen) atoms. The number of thiazole rings is 1. The number of unbranched alkanes of at least 4 members (excludes halogenated alkanes) is 2. The third-order valence-electron chi connectivity index (χ3n) is 4.81. The molecule has 2 rings (SSSR count). The average molecular weight is 515 g/mol. The third kappa shape index (κ3) is 10.7. The van der Waals surface area contributed by atoms with Gasteiger partial charge in [0.1, 0.15) is 22.2 Å². The normalized spacial score (nSPS) is 9.89. The number of rotatable bonds is 12. The maximum atomic E-state index is 12.3. The molecule has 1 aromatic carbocycles. The summed E-state index contributed by atoms with van der Waals surface area (Å²) in [7, 11) is 1.16. The van der Waals surface area contributed by atoms with Crippen molar-refractivity contribution in [2.75, 3.05) is 13.7 Å². The maximum Gasteiger partial charge on any atom is 0.353 e. The number of ether oxygens (including phenoxy) is 1. The van der Waals surface area contributed by atoms with Crippen molar-refractivity contribution >= 4 is 34.9 Å². The number of aryl methyl sites for hydroxylation is 1. The molecule has 0 saturated carbocycles. The predicted molar refractivity (Wildman–Crippen MR) is 141 cm³/mol. The molecular formula is C26H34N4O5S. The number of carbonyl (C=O) groups excluding carboxylic acids is 4. The van der Waals surface area contributed by atoms with E-state index in [9.17, 15) is 19.2 Å². The summed E-state index contributed by atoms with van der Waals surface area (Å²) in [6.07, 6.45) is 4.81. The van der Waals surface area contributed by atoms with Crippen LogP contribution in [0.25, 0.3) is 10.6 Å². The van der Waals surface area contributed by atoms with Gasteiger partial charge in [0.2, 0.25) is 0 Å². The van der Waals surface area contributed by atoms with Crippen molar-refractivity contribution in [2.45, 2.75) is 46.0 Å². The number of esters is 1. The van der Waals surface area contributed by atoms with Gasteiger partial charge in [-0.15, -0.1) is 11.3 Å². The molecule has 9 nitrogen and oxygen atoms in total. The van der Waals surface area contributed by atoms with E-state index in [1.807, 2.05) is 24.3 Å². The minimum Gasteiger partial charge on any atom is -0.464 e. The molecule has 0 atom stereocenters. The fourth-order valence-electron chi connectivity index (χ4n) is 2.73. The molecule has 2 amide bonds. The lowest BCUT2D eigenvalue weighted by Crippen LogP contribution is -2.35. The molecule has 2 aromatic rings. The average Bonchev–Trinajstić information content (AvgIpc) is 3.37. The summed E-state index contributed by atoms with van der Waals surface area (Å²) in [5.74, 6) is -1.86. The van der Waals surface area contributed by atoms with E-state index in [-0.39, 0.29) is 22.9 Å². The van der Waals surface area contributed by atoms with Gasteiger partial charge in [-0.05, 0) is 38.3 Å². The van der Waals surface area contributed by atoms with Gasteiger partial charge < -0.3 is 25.9 Å². The zero-order valence-electron chi connectivity index (χ0n) is 21.0. The number of carbonyl (C=O) groups is 4. The minimum atomic E-state index is -0.791. The van der Waals surface area contributed by atoms with Crippen molar-refractivity contribution in [3.05, 3.63) is 65.5 Å². The molecule has 1 aromatic heterocycles. The number of Topliss-reactive ketones (excluding diaryl/α,β-unsaturated/α-hetero) is 1. The number of ketones is 1. The van der Waals surface area contributed by atoms with Crippen LogP contribution in [0, 0.1) is 0 Å². The smallest absolute Gasteiger partial charge is 0.353 e. The second-order valence-electron chi connectivity index (χ2n) is 7.75. The highest BCUT2D eigenvalue weighted by Gasteiger charge is 2.18. The van der Waals surface area contributed by atoms with E-state index in [2.05, 4.69) is 40.4 Å². The number of nitrogens with zero attached hydrogens (tertiary/aromatic N) is 1. The van der Waals surface area contributed by atoms with Crippen molar-refractivity contribution in [3.63, 3.8) is 0 Å². The summed E-state index contributed by atoms with van der Waals surface area (Å²) in [6, 6.07) is 7.92. The van der Waals surface area contributed by atoms with Crippen molar-refractivity contribution < 1.29 is 23.9 Å². The lowest BCUT2D eigenvalue weighted by atomic mass is 10.1. The Kier molecular flexibility index (Phi) is 13.6. The number of hydrogen-bond donors (Lipinski definition) is 3. The van der Waals surface area contributed by atoms with Gasteiger partial charge in [-0.3, -0.25) is 9.59 Å². The summed E-state index contributed by atoms with van der Waals surface area (Å²) in [6.45, 7) is 11.3. The van der Waals surface area contributed by atoms with E-state index in [1.54, 1.807) is 12.3 Å². The van der Waals surface area contributed by atoms with E-state index < -0.39 is 17.8 Å². The predicted octanol–water partition coefficient (Wildman–Crippen LogP) is 3.51. The van der Waals surface area contributed by atoms with Crippen LogP contribution >= 0.6 is 11.3 Å². The first-order valence-electron chi connectivity index (χ1n) is 11.5. The van der Waals surface area contributed by atoms with Crippen molar-refractivity contribution in [1.29, 1.82) is 0 Å². The zero-order valence-corrected chi connectivity index (χ0v) is 21.8. The van der Waals surface area contributed by atoms with Gasteiger partial charge in [0, 0.05) is 17.4 Å². The monoisotopic (exact) mass is 514 g/mol. The fraction of sp³-hybridized carbons (Fsp3) is 0.346. The van der Waals surface area contributed by atoms with E-state index in [4.69, 9.17) is 5.73 Å². The Morgan fingerprint density at radius 1 is 1.03 bits per heavy atom. The standard InChI is InChI=1S/C19H19N3O4S.C7H15NO/c1-5-13-6-8-14(9-7-13)18-22-15(10-27-18)17(24)20-11(2)16(23)21-12(3)19(25)26-4;1-7(9)5-3-2-4-6-8/h6-10H,2-3,5H2,1,4H3,(H,20,24)(H,21,23);2-6,8H2,1H3. The number of aromatic nitrogens is 1. The molecule has 0 bridgehead atoms. The number of methoxy groups -OCH3 is 1. The molecule has 0 aliphatic carbocycles. The first kappa shape index (κ1) is 30.4. The highest BCUT2D eigenvalue weighted by molar-refractivity contribution is 7.13. The van der Waals surface area contributed by atoms with Crippen molar-refractivity contribution in [2.24, 2.45) is 5.73 Å². The fourth-order valence-corrected chi connectivity index (χ4v) is 3.54. The maximum absolute atomic E-state index is 12.3. The van der Waals surface area contributed by atoms with Crippen LogP contribution in [-0.2, 0) is 25.5 Å². The van der Waals surface area contributed by atoms with Crippen LogP contribution in [0.15, 0.2) is 54.2 Å². The molecule has 0 saturated heterocycles. The van der Waals surface area contributed by atoms with Crippen LogP contribution in [0.3, 0.4) is 0 Å². The van der Waals surface area contributed by atoms with Gasteiger partial charge >= 0.3 is 5.97 Å². The van der Waals surface area contributed by atoms with Crippen molar-refractivity contribution in [3.8, 4) is 10.6 Å². The largest absolute Gasteiger partial charge is 0.464 e. The second kappa shape index (κ2) is 16.1. The van der Waals surface area contributed by atoms with Crippen LogP contribution in [-0.4, -0.2) is 42.2 Å². The van der Waals surface area contributed by atoms with Crippen LogP contribution in [0.5, 0.6) is 0 Å². The first-order valence-corrected chi connectivity index (χ1v) is 12.3. The lowest BCUT2D eigenvalue weighted by molar-refractivity contribution is -0.137. The Hall–Kier alpha value is -3.63. The second-order valence-corrected chi connectivity index (χ2v) is 8.60. The van der Waals surface area contributed by atoms with E-state index in [0.29, 0.717) is 5.01 Å². The lowest BCUT2D eigenvalue weighted by Gasteiger charge is -2.09. The highest BCUT2D eigenvalue weighted by atomic mass is 32.1. The van der Waals surface area contributed by atoms with Gasteiger partial charge in [0.15, 0.2) is 0 Å². The molecule has 0 aliphatic heterocycles. The van der Waals surface area contributed by atoms with Gasteiger partial charge in [-0.2, -0.15) is 0 Å². The summed E-state index contributed by atoms with van der Waals surface area (Å²) in [4.78, 5) is 50.1. The SMILES string of the molecule is C=C(NC(=O)c1csc(-c2ccc(CC)cc2)n1)C(=O)NC(=C)C(=O)OC.CC(=O)CCCCCN. The molecule has 4 N–H and O–H groups in total. The Balaban J connectivity index is 0.000000613. The van der Waals surface area contributed by atoms with Crippen molar-refractivity contribution in [1.82, 2.24) is 15.6 Å². The van der Waals surface area contributed by atoms with Crippen LogP contribution < -0.4 is 16.4 Å². The Bertz CT molecular complexity index is 1080. The van der Waals surface area contributed by atoms with Crippen LogP contribution in [0.4, 0.5) is 0 Å². The number of nitrogens with two attached hydrogens (primary N) is 1. The molecule has 0 radical (unpaired) electrons. The Morgan fingerprint density at radius 3 is 2.25 bits per heavy atom. The molecular weight excluding hydrogens is 480 g/mol. The molecule has 0 fully saturated rings. The Morgan fingerprint density at radius 2 is 1.69 bits per heavy atom. The molecule has 1 heterocycles. The minimum absolute atomic E-state index is 0.162. The highest BCUT2D eigenvalue weighted by Crippen LogP contribution is 2.24. The zero-order chi connectivity index (χ0) is 27.1. The molecule has 10 heteroatoms. The molecule has 0 unspecified atom stereocenters. The summed E-state index contributed by atoms with van der Waals surface area (Å²) in [5, 5.41) is 6.82. The van der Waals surface area contributed by atoms with E-state index in [0.717, 1.165) is 51.3 Å². The van der Waals surface area contributed by atoms with Gasteiger partial charge in [-0.25, -0.2) is 9.78 Å². The first-order chi connectivity index (χ1) is 17.1. The third-order valence-corrected chi connectivity index (χ3v) is 5.71. The van der Waals surface area contributed by atoms with Gasteiger partial charge in [0.05, 0.1) is 12.8 Å². The summed E-state index contributed by atoms with van der Waals surface area (Å²) < 4.78 is 4.42. The van der Waals surface area contributed by atoms with Gasteiger partial charge in [-0.1, -0.05) is 50.8 Å². The van der Waals surface area contributed by atoms with E-state index in [1.165, 1.54) is 16.9 Å². The number of nitrogens with one attached hydrogen (secondary N) is 2. The molecule has 0 spiro atoms. The molecule has 194 valence electrons. The van der Waals surface area contributed by atoms with Gasteiger partial charge in [0.25, 0.3) is 11.8 Å². The number of amides is 2. The number of hydrogen-bond acceptors (Lipinski definition) is 8. The Labute approximate surface area is 215 Å².